The molecular weight excluding hydrogens is 240 g/mol. The van der Waals surface area contributed by atoms with E-state index in [1.54, 1.807) is 0 Å². The van der Waals surface area contributed by atoms with Gasteiger partial charge in [0.2, 0.25) is 6.79 Å². The lowest BCUT2D eigenvalue weighted by molar-refractivity contribution is 0.173. The van der Waals surface area contributed by atoms with Crippen LogP contribution < -0.4 is 14.8 Å². The summed E-state index contributed by atoms with van der Waals surface area (Å²) in [4.78, 5) is 2.33. The minimum Gasteiger partial charge on any atom is -0.454 e. The van der Waals surface area contributed by atoms with Gasteiger partial charge in [0, 0.05) is 24.7 Å². The summed E-state index contributed by atoms with van der Waals surface area (Å²) in [5, 5.41) is 3.56. The second-order valence-corrected chi connectivity index (χ2v) is 5.65. The van der Waals surface area contributed by atoms with Crippen LogP contribution in [0.4, 0.5) is 0 Å². The average Bonchev–Trinajstić information content (AvgIpc) is 3.10. The van der Waals surface area contributed by atoms with E-state index in [1.807, 2.05) is 12.1 Å². The zero-order valence-corrected chi connectivity index (χ0v) is 11.7. The number of ether oxygens (including phenoxy) is 2. The molecule has 1 aliphatic heterocycles. The van der Waals surface area contributed by atoms with Crippen LogP contribution in [0, 0.1) is 5.92 Å². The quantitative estimate of drug-likeness (QED) is 0.848. The van der Waals surface area contributed by atoms with Crippen molar-refractivity contribution >= 4 is 0 Å². The first-order valence-corrected chi connectivity index (χ1v) is 7.00. The van der Waals surface area contributed by atoms with Gasteiger partial charge in [0.15, 0.2) is 11.5 Å². The first kappa shape index (κ1) is 12.8. The van der Waals surface area contributed by atoms with Crippen LogP contribution in [0.25, 0.3) is 0 Å². The van der Waals surface area contributed by atoms with Gasteiger partial charge in [-0.1, -0.05) is 12.1 Å². The van der Waals surface area contributed by atoms with Crippen LogP contribution in [0.1, 0.15) is 18.4 Å². The Balaban J connectivity index is 1.56. The van der Waals surface area contributed by atoms with Crippen molar-refractivity contribution < 1.29 is 9.47 Å². The Morgan fingerprint density at radius 1 is 1.32 bits per heavy atom. The highest BCUT2D eigenvalue weighted by Crippen LogP contribution is 2.36. The fraction of sp³-hybridized carbons (Fsp3) is 0.600. The number of fused-ring (bicyclic) bond motifs is 1. The van der Waals surface area contributed by atoms with Crippen LogP contribution >= 0.6 is 0 Å². The number of para-hydroxylation sites is 1. The van der Waals surface area contributed by atoms with Gasteiger partial charge in [-0.2, -0.15) is 0 Å². The fourth-order valence-electron chi connectivity index (χ4n) is 2.74. The summed E-state index contributed by atoms with van der Waals surface area (Å²) in [6.45, 7) is 2.21. The molecule has 1 aromatic rings. The Labute approximate surface area is 114 Å². The molecule has 4 nitrogen and oxygen atoms in total. The van der Waals surface area contributed by atoms with E-state index in [0.29, 0.717) is 12.8 Å². The number of rotatable bonds is 6. The predicted molar refractivity (Wildman–Crippen MR) is 74.5 cm³/mol. The minimum absolute atomic E-state index is 0.342. The number of hydrogen-bond acceptors (Lipinski definition) is 4. The molecule has 104 valence electrons. The third-order valence-electron chi connectivity index (χ3n) is 3.98. The van der Waals surface area contributed by atoms with E-state index in [-0.39, 0.29) is 0 Å². The highest BCUT2D eigenvalue weighted by molar-refractivity contribution is 5.48. The molecule has 1 saturated carbocycles. The number of likely N-dealkylation sites (N-methyl/N-ethyl adjacent to an activating group) is 1. The van der Waals surface area contributed by atoms with Crippen LogP contribution in [0.3, 0.4) is 0 Å². The van der Waals surface area contributed by atoms with Crippen LogP contribution in [0.2, 0.25) is 0 Å². The van der Waals surface area contributed by atoms with Gasteiger partial charge in [0.1, 0.15) is 0 Å². The summed E-state index contributed by atoms with van der Waals surface area (Å²) >= 11 is 0. The molecule has 1 heterocycles. The molecule has 1 atom stereocenters. The maximum absolute atomic E-state index is 5.52. The van der Waals surface area contributed by atoms with E-state index in [0.717, 1.165) is 30.5 Å². The molecular formula is C15H22N2O2. The lowest BCUT2D eigenvalue weighted by atomic mass is 10.1. The molecule has 1 fully saturated rings. The molecule has 0 saturated heterocycles. The van der Waals surface area contributed by atoms with Crippen molar-refractivity contribution in [3.8, 4) is 11.5 Å². The first-order chi connectivity index (χ1) is 9.25. The molecule has 0 spiro atoms. The SMILES string of the molecule is CN(C)[C@H](CNCc1cccc2c1OCO2)C1CC1. The lowest BCUT2D eigenvalue weighted by Crippen LogP contribution is -2.39. The van der Waals surface area contributed by atoms with Crippen LogP contribution in [-0.2, 0) is 6.54 Å². The predicted octanol–water partition coefficient (Wildman–Crippen LogP) is 1.85. The molecule has 1 aromatic carbocycles. The smallest absolute Gasteiger partial charge is 0.231 e. The fourth-order valence-corrected chi connectivity index (χ4v) is 2.74. The monoisotopic (exact) mass is 262 g/mol. The van der Waals surface area contributed by atoms with Crippen LogP contribution in [-0.4, -0.2) is 38.4 Å². The van der Waals surface area contributed by atoms with Gasteiger partial charge in [-0.3, -0.25) is 0 Å². The van der Waals surface area contributed by atoms with E-state index >= 15 is 0 Å². The second-order valence-electron chi connectivity index (χ2n) is 5.65. The molecule has 0 amide bonds. The van der Waals surface area contributed by atoms with Gasteiger partial charge in [-0.25, -0.2) is 0 Å². The van der Waals surface area contributed by atoms with Crippen LogP contribution in [0.5, 0.6) is 11.5 Å². The lowest BCUT2D eigenvalue weighted by Gasteiger charge is -2.24. The number of nitrogens with one attached hydrogen (secondary N) is 1. The second kappa shape index (κ2) is 5.39. The van der Waals surface area contributed by atoms with Gasteiger partial charge < -0.3 is 19.7 Å². The summed E-state index contributed by atoms with van der Waals surface area (Å²) in [5.74, 6) is 2.65. The largest absolute Gasteiger partial charge is 0.454 e. The Hall–Kier alpha value is -1.26. The molecule has 0 aromatic heterocycles. The van der Waals surface area contributed by atoms with Gasteiger partial charge in [-0.05, 0) is 38.9 Å². The topological polar surface area (TPSA) is 33.7 Å². The third kappa shape index (κ3) is 2.85. The molecule has 1 N–H and O–H groups in total. The standard InChI is InChI=1S/C15H22N2O2/c1-17(2)13(11-6-7-11)9-16-8-12-4-3-5-14-15(12)19-10-18-14/h3-5,11,13,16H,6-10H2,1-2H3/t13-/m1/s1. The van der Waals surface area contributed by atoms with Crippen LogP contribution in [0.15, 0.2) is 18.2 Å². The molecule has 2 aliphatic rings. The number of hydrogen-bond donors (Lipinski definition) is 1. The van der Waals surface area contributed by atoms with Crippen molar-refractivity contribution in [3.63, 3.8) is 0 Å². The van der Waals surface area contributed by atoms with Crippen molar-refractivity contribution in [2.45, 2.75) is 25.4 Å². The minimum atomic E-state index is 0.342. The maximum atomic E-state index is 5.52. The molecule has 0 radical (unpaired) electrons. The maximum Gasteiger partial charge on any atom is 0.231 e. The van der Waals surface area contributed by atoms with E-state index < -0.39 is 0 Å². The first-order valence-electron chi connectivity index (χ1n) is 7.00. The summed E-state index contributed by atoms with van der Waals surface area (Å²) in [7, 11) is 4.34. The van der Waals surface area contributed by atoms with Crippen molar-refractivity contribution in [2.75, 3.05) is 27.4 Å². The zero-order chi connectivity index (χ0) is 13.2. The third-order valence-corrected chi connectivity index (χ3v) is 3.98. The van der Waals surface area contributed by atoms with Gasteiger partial charge in [0.05, 0.1) is 0 Å². The molecule has 1 aliphatic carbocycles. The highest BCUT2D eigenvalue weighted by Gasteiger charge is 2.32. The van der Waals surface area contributed by atoms with E-state index in [4.69, 9.17) is 9.47 Å². The molecule has 3 rings (SSSR count). The Bertz CT molecular complexity index is 442. The average molecular weight is 262 g/mol. The Morgan fingerprint density at radius 2 is 2.16 bits per heavy atom. The highest BCUT2D eigenvalue weighted by atomic mass is 16.7. The molecule has 0 unspecified atom stereocenters. The molecule has 4 heteroatoms. The van der Waals surface area contributed by atoms with Crippen molar-refractivity contribution in [3.05, 3.63) is 23.8 Å². The summed E-state index contributed by atoms with van der Waals surface area (Å²) in [6.07, 6.45) is 2.75. The zero-order valence-electron chi connectivity index (χ0n) is 11.7. The molecule has 0 bridgehead atoms. The van der Waals surface area contributed by atoms with E-state index in [2.05, 4.69) is 30.4 Å². The van der Waals surface area contributed by atoms with Gasteiger partial charge in [-0.15, -0.1) is 0 Å². The Kier molecular flexibility index (Phi) is 3.62. The van der Waals surface area contributed by atoms with Crippen molar-refractivity contribution in [2.24, 2.45) is 5.92 Å². The number of nitrogens with zero attached hydrogens (tertiary/aromatic N) is 1. The number of benzene rings is 1. The summed E-state index contributed by atoms with van der Waals surface area (Å²) in [6, 6.07) is 6.73. The van der Waals surface area contributed by atoms with Crippen molar-refractivity contribution in [1.29, 1.82) is 0 Å². The van der Waals surface area contributed by atoms with Gasteiger partial charge in [0.25, 0.3) is 0 Å². The van der Waals surface area contributed by atoms with Crippen molar-refractivity contribution in [1.82, 2.24) is 10.2 Å². The van der Waals surface area contributed by atoms with E-state index in [1.165, 1.54) is 18.4 Å². The normalized spacial score (nSPS) is 18.9. The summed E-state index contributed by atoms with van der Waals surface area (Å²) < 4.78 is 10.9. The Morgan fingerprint density at radius 3 is 2.89 bits per heavy atom. The van der Waals surface area contributed by atoms with Gasteiger partial charge >= 0.3 is 0 Å². The molecule has 19 heavy (non-hydrogen) atoms. The summed E-state index contributed by atoms with van der Waals surface area (Å²) in [5.41, 5.74) is 1.18. The van der Waals surface area contributed by atoms with E-state index in [9.17, 15) is 0 Å².